The lowest BCUT2D eigenvalue weighted by Gasteiger charge is -2.20. The molecule has 92 valence electrons. The second-order valence-corrected chi connectivity index (χ2v) is 5.21. The molecule has 1 aliphatic heterocycles. The third-order valence-corrected chi connectivity index (χ3v) is 3.77. The van der Waals surface area contributed by atoms with Crippen LogP contribution in [0.3, 0.4) is 0 Å². The summed E-state index contributed by atoms with van der Waals surface area (Å²) < 4.78 is 0. The highest BCUT2D eigenvalue weighted by atomic mass is 35.5. The molecule has 0 bridgehead atoms. The second-order valence-electron chi connectivity index (χ2n) is 4.77. The van der Waals surface area contributed by atoms with Gasteiger partial charge in [-0.25, -0.2) is 0 Å². The van der Waals surface area contributed by atoms with E-state index in [2.05, 4.69) is 24.0 Å². The second kappa shape index (κ2) is 4.21. The van der Waals surface area contributed by atoms with E-state index in [4.69, 9.17) is 17.3 Å². The van der Waals surface area contributed by atoms with Crippen LogP contribution in [0, 0.1) is 6.92 Å². The van der Waals surface area contributed by atoms with Crippen molar-refractivity contribution in [3.8, 4) is 0 Å². The molecule has 1 aliphatic rings. The van der Waals surface area contributed by atoms with Crippen molar-refractivity contribution in [1.29, 1.82) is 0 Å². The van der Waals surface area contributed by atoms with Crippen LogP contribution in [0.1, 0.15) is 16.7 Å². The Bertz CT molecular complexity index is 607. The van der Waals surface area contributed by atoms with Crippen molar-refractivity contribution in [2.75, 3.05) is 10.6 Å². The highest BCUT2D eigenvalue weighted by Crippen LogP contribution is 2.34. The van der Waals surface area contributed by atoms with Crippen LogP contribution in [-0.4, -0.2) is 0 Å². The lowest BCUT2D eigenvalue weighted by molar-refractivity contribution is 0.876. The third-order valence-electron chi connectivity index (χ3n) is 3.53. The minimum Gasteiger partial charge on any atom is -0.398 e. The molecule has 2 aromatic carbocycles. The fraction of sp³-hybridized carbons (Fsp3) is 0.200. The number of rotatable bonds is 1. The van der Waals surface area contributed by atoms with Crippen LogP contribution in [0.4, 0.5) is 11.4 Å². The Morgan fingerprint density at radius 2 is 2.00 bits per heavy atom. The molecule has 0 fully saturated rings. The molecule has 0 saturated carbocycles. The summed E-state index contributed by atoms with van der Waals surface area (Å²) in [5.74, 6) is 0. The smallest absolute Gasteiger partial charge is 0.0457 e. The van der Waals surface area contributed by atoms with Gasteiger partial charge in [-0.3, -0.25) is 0 Å². The van der Waals surface area contributed by atoms with Crippen LogP contribution in [0.2, 0.25) is 5.02 Å². The van der Waals surface area contributed by atoms with Gasteiger partial charge in [0.1, 0.15) is 0 Å². The van der Waals surface area contributed by atoms with Crippen molar-refractivity contribution in [2.24, 2.45) is 0 Å². The molecule has 0 spiro atoms. The van der Waals surface area contributed by atoms with Gasteiger partial charge in [-0.2, -0.15) is 0 Å². The van der Waals surface area contributed by atoms with Gasteiger partial charge in [0.25, 0.3) is 0 Å². The number of hydrogen-bond acceptors (Lipinski definition) is 2. The molecule has 2 N–H and O–H groups in total. The fourth-order valence-electron chi connectivity index (χ4n) is 2.54. The highest BCUT2D eigenvalue weighted by Gasteiger charge is 2.22. The molecule has 0 amide bonds. The number of fused-ring (bicyclic) bond motifs is 1. The van der Waals surface area contributed by atoms with Crippen molar-refractivity contribution in [3.05, 3.63) is 58.1 Å². The van der Waals surface area contributed by atoms with E-state index in [9.17, 15) is 0 Å². The highest BCUT2D eigenvalue weighted by molar-refractivity contribution is 6.30. The SMILES string of the molecule is Cc1ccc(Cl)cc1N1Cc2cccc(N)c2C1. The van der Waals surface area contributed by atoms with E-state index >= 15 is 0 Å². The van der Waals surface area contributed by atoms with Crippen molar-refractivity contribution >= 4 is 23.0 Å². The summed E-state index contributed by atoms with van der Waals surface area (Å²) in [5, 5.41) is 0.777. The molecule has 0 atom stereocenters. The van der Waals surface area contributed by atoms with Gasteiger partial charge in [-0.15, -0.1) is 0 Å². The Morgan fingerprint density at radius 3 is 2.78 bits per heavy atom. The summed E-state index contributed by atoms with van der Waals surface area (Å²) in [7, 11) is 0. The van der Waals surface area contributed by atoms with Crippen LogP contribution in [0.5, 0.6) is 0 Å². The standard InChI is InChI=1S/C15H15ClN2/c1-10-5-6-12(16)7-15(10)18-8-11-3-2-4-14(17)13(11)9-18/h2-7H,8-9,17H2,1H3. The topological polar surface area (TPSA) is 29.3 Å². The van der Waals surface area contributed by atoms with Crippen molar-refractivity contribution in [2.45, 2.75) is 20.0 Å². The van der Waals surface area contributed by atoms with Gasteiger partial charge in [-0.1, -0.05) is 29.8 Å². The van der Waals surface area contributed by atoms with Crippen molar-refractivity contribution in [1.82, 2.24) is 0 Å². The predicted octanol–water partition coefficient (Wildman–Crippen LogP) is 3.75. The van der Waals surface area contributed by atoms with Crippen LogP contribution >= 0.6 is 11.6 Å². The lowest BCUT2D eigenvalue weighted by Crippen LogP contribution is -2.15. The number of aryl methyl sites for hydroxylation is 1. The average molecular weight is 259 g/mol. The molecular weight excluding hydrogens is 244 g/mol. The number of anilines is 2. The molecule has 0 aliphatic carbocycles. The van der Waals surface area contributed by atoms with E-state index in [1.165, 1.54) is 22.4 Å². The molecule has 18 heavy (non-hydrogen) atoms. The monoisotopic (exact) mass is 258 g/mol. The summed E-state index contributed by atoms with van der Waals surface area (Å²) in [5.41, 5.74) is 11.9. The van der Waals surface area contributed by atoms with E-state index in [0.717, 1.165) is 23.8 Å². The first-order chi connectivity index (χ1) is 8.65. The molecular formula is C15H15ClN2. The first-order valence-corrected chi connectivity index (χ1v) is 6.40. The van der Waals surface area contributed by atoms with Gasteiger partial charge in [0.2, 0.25) is 0 Å². The van der Waals surface area contributed by atoms with E-state index in [-0.39, 0.29) is 0 Å². The van der Waals surface area contributed by atoms with Crippen LogP contribution in [0.25, 0.3) is 0 Å². The maximum atomic E-state index is 6.09. The zero-order valence-electron chi connectivity index (χ0n) is 10.3. The van der Waals surface area contributed by atoms with Crippen molar-refractivity contribution in [3.63, 3.8) is 0 Å². The van der Waals surface area contributed by atoms with E-state index in [0.29, 0.717) is 0 Å². The normalized spacial score (nSPS) is 13.8. The van der Waals surface area contributed by atoms with Crippen LogP contribution < -0.4 is 10.6 Å². The maximum Gasteiger partial charge on any atom is 0.0457 e. The fourth-order valence-corrected chi connectivity index (χ4v) is 2.71. The molecule has 0 saturated heterocycles. The van der Waals surface area contributed by atoms with E-state index in [1.807, 2.05) is 24.3 Å². The average Bonchev–Trinajstić information content (AvgIpc) is 2.77. The molecule has 3 heteroatoms. The number of nitrogens with two attached hydrogens (primary N) is 1. The predicted molar refractivity (Wildman–Crippen MR) is 76.9 cm³/mol. The molecule has 0 aromatic heterocycles. The zero-order chi connectivity index (χ0) is 12.7. The summed E-state index contributed by atoms with van der Waals surface area (Å²) in [4.78, 5) is 2.32. The largest absolute Gasteiger partial charge is 0.398 e. The Kier molecular flexibility index (Phi) is 2.67. The lowest BCUT2D eigenvalue weighted by atomic mass is 10.1. The van der Waals surface area contributed by atoms with Gasteiger partial charge < -0.3 is 10.6 Å². The summed E-state index contributed by atoms with van der Waals surface area (Å²) in [6.45, 7) is 3.88. The number of benzene rings is 2. The Hall–Kier alpha value is -1.67. The summed E-state index contributed by atoms with van der Waals surface area (Å²) >= 11 is 6.09. The van der Waals surface area contributed by atoms with E-state index < -0.39 is 0 Å². The van der Waals surface area contributed by atoms with Crippen LogP contribution in [0.15, 0.2) is 36.4 Å². The van der Waals surface area contributed by atoms with Gasteiger partial charge in [-0.05, 0) is 41.8 Å². The molecule has 0 radical (unpaired) electrons. The molecule has 2 aromatic rings. The number of nitrogen functional groups attached to an aromatic ring is 1. The van der Waals surface area contributed by atoms with Gasteiger partial charge in [0.15, 0.2) is 0 Å². The quantitative estimate of drug-likeness (QED) is 0.790. The zero-order valence-corrected chi connectivity index (χ0v) is 11.0. The minimum atomic E-state index is 0.777. The van der Waals surface area contributed by atoms with Gasteiger partial charge in [0.05, 0.1) is 0 Å². The van der Waals surface area contributed by atoms with Crippen molar-refractivity contribution < 1.29 is 0 Å². The Morgan fingerprint density at radius 1 is 1.17 bits per heavy atom. The number of nitrogens with zero attached hydrogens (tertiary/aromatic N) is 1. The third kappa shape index (κ3) is 1.83. The molecule has 0 unspecified atom stereocenters. The summed E-state index contributed by atoms with van der Waals surface area (Å²) in [6, 6.07) is 12.1. The molecule has 2 nitrogen and oxygen atoms in total. The molecule has 3 rings (SSSR count). The van der Waals surface area contributed by atoms with Crippen LogP contribution in [-0.2, 0) is 13.1 Å². The summed E-state index contributed by atoms with van der Waals surface area (Å²) in [6.07, 6.45) is 0. The van der Waals surface area contributed by atoms with Gasteiger partial charge in [0, 0.05) is 29.5 Å². The van der Waals surface area contributed by atoms with Gasteiger partial charge >= 0.3 is 0 Å². The first-order valence-electron chi connectivity index (χ1n) is 6.02. The Balaban J connectivity index is 1.99. The number of halogens is 1. The first kappa shape index (κ1) is 11.4. The maximum absolute atomic E-state index is 6.09. The number of hydrogen-bond donors (Lipinski definition) is 1. The Labute approximate surface area is 112 Å². The molecule has 1 heterocycles. The minimum absolute atomic E-state index is 0.777. The van der Waals surface area contributed by atoms with E-state index in [1.54, 1.807) is 0 Å².